The van der Waals surface area contributed by atoms with Crippen molar-refractivity contribution in [3.05, 3.63) is 36.9 Å². The molecule has 1 heteroatoms. The molecule has 0 N–H and O–H groups in total. The van der Waals surface area contributed by atoms with Crippen molar-refractivity contribution < 1.29 is 0 Å². The van der Waals surface area contributed by atoms with Gasteiger partial charge in [0.25, 0.3) is 0 Å². The Morgan fingerprint density at radius 1 is 1.31 bits per heavy atom. The van der Waals surface area contributed by atoms with Crippen LogP contribution in [0.4, 0.5) is 0 Å². The van der Waals surface area contributed by atoms with E-state index in [4.69, 9.17) is 0 Å². The molecule has 0 atom stereocenters. The summed E-state index contributed by atoms with van der Waals surface area (Å²) in [5, 5.41) is 0.269. The number of hydrogen-bond acceptors (Lipinski definition) is 0. The van der Waals surface area contributed by atoms with E-state index < -0.39 is 0 Å². The van der Waals surface area contributed by atoms with E-state index in [2.05, 4.69) is 45.8 Å². The number of allylic oxidation sites excluding steroid dienone is 4. The van der Waals surface area contributed by atoms with Crippen LogP contribution in [0.15, 0.2) is 36.9 Å². The van der Waals surface area contributed by atoms with Crippen LogP contribution in [-0.4, -0.2) is 7.28 Å². The summed E-state index contributed by atoms with van der Waals surface area (Å²) in [6.07, 6.45) is 5.35. The third kappa shape index (κ3) is 7.21. The Kier molecular flexibility index (Phi) is 5.00. The molecule has 0 fully saturated rings. The highest BCUT2D eigenvalue weighted by Gasteiger charge is 2.13. The highest BCUT2D eigenvalue weighted by molar-refractivity contribution is 6.50. The molecule has 0 aliphatic carbocycles. The SMILES string of the molecule is C=CC#C/C(BC(C)(C)C)=C\C=C. The fraction of sp³-hybridized carbons (Fsp3) is 0.333. The minimum atomic E-state index is 0.269. The van der Waals surface area contributed by atoms with Gasteiger partial charge in [-0.25, -0.2) is 0 Å². The van der Waals surface area contributed by atoms with Crippen LogP contribution < -0.4 is 0 Å². The third-order valence-electron chi connectivity index (χ3n) is 1.37. The summed E-state index contributed by atoms with van der Waals surface area (Å²) in [5.41, 5.74) is 1.11. The Morgan fingerprint density at radius 3 is 2.31 bits per heavy atom. The molecule has 0 amide bonds. The van der Waals surface area contributed by atoms with Crippen LogP contribution in [0.5, 0.6) is 0 Å². The van der Waals surface area contributed by atoms with E-state index in [1.807, 2.05) is 6.08 Å². The summed E-state index contributed by atoms with van der Waals surface area (Å²) in [4.78, 5) is 0. The third-order valence-corrected chi connectivity index (χ3v) is 1.37. The summed E-state index contributed by atoms with van der Waals surface area (Å²) in [6.45, 7) is 13.8. The molecule has 0 aromatic heterocycles. The van der Waals surface area contributed by atoms with Crippen LogP contribution in [-0.2, 0) is 0 Å². The molecule has 0 aliphatic rings. The molecule has 0 bridgehead atoms. The summed E-state index contributed by atoms with van der Waals surface area (Å²) in [7, 11) is 0.972. The van der Waals surface area contributed by atoms with Crippen molar-refractivity contribution in [2.75, 3.05) is 0 Å². The molecule has 68 valence electrons. The van der Waals surface area contributed by atoms with Crippen molar-refractivity contribution in [2.24, 2.45) is 0 Å². The van der Waals surface area contributed by atoms with Crippen LogP contribution in [0.25, 0.3) is 0 Å². The predicted molar refractivity (Wildman–Crippen MR) is 63.1 cm³/mol. The van der Waals surface area contributed by atoms with Gasteiger partial charge in [-0.2, -0.15) is 0 Å². The monoisotopic (exact) mass is 172 g/mol. The van der Waals surface area contributed by atoms with Crippen LogP contribution in [0.1, 0.15) is 20.8 Å². The first kappa shape index (κ1) is 11.8. The zero-order valence-electron chi connectivity index (χ0n) is 8.85. The van der Waals surface area contributed by atoms with E-state index in [9.17, 15) is 0 Å². The Morgan fingerprint density at radius 2 is 1.92 bits per heavy atom. The molecule has 0 nitrogen and oxygen atoms in total. The second-order valence-corrected chi connectivity index (χ2v) is 4.14. The van der Waals surface area contributed by atoms with E-state index in [0.717, 1.165) is 12.8 Å². The molecule has 0 saturated heterocycles. The fourth-order valence-electron chi connectivity index (χ4n) is 1.00. The topological polar surface area (TPSA) is 0 Å². The minimum Gasteiger partial charge on any atom is -0.0991 e. The molecule has 0 radical (unpaired) electrons. The highest BCUT2D eigenvalue weighted by atomic mass is 14.0. The molecule has 0 rings (SSSR count). The molecular formula is C12H17B. The lowest BCUT2D eigenvalue weighted by Gasteiger charge is -2.15. The van der Waals surface area contributed by atoms with Crippen molar-refractivity contribution in [1.82, 2.24) is 0 Å². The molecule has 0 saturated carbocycles. The van der Waals surface area contributed by atoms with Gasteiger partial charge >= 0.3 is 0 Å². The van der Waals surface area contributed by atoms with Gasteiger partial charge in [-0.3, -0.25) is 0 Å². The van der Waals surface area contributed by atoms with Crippen molar-refractivity contribution in [3.63, 3.8) is 0 Å². The van der Waals surface area contributed by atoms with E-state index in [0.29, 0.717) is 0 Å². The Labute approximate surface area is 82.7 Å². The van der Waals surface area contributed by atoms with Gasteiger partial charge in [-0.05, 0) is 11.5 Å². The molecule has 0 heterocycles. The Bertz CT molecular complexity index is 266. The maximum Gasteiger partial charge on any atom is 0.174 e. The van der Waals surface area contributed by atoms with Gasteiger partial charge in [0.1, 0.15) is 0 Å². The molecule has 0 aromatic rings. The molecular weight excluding hydrogens is 155 g/mol. The fourth-order valence-corrected chi connectivity index (χ4v) is 1.00. The van der Waals surface area contributed by atoms with E-state index in [-0.39, 0.29) is 5.31 Å². The van der Waals surface area contributed by atoms with Crippen LogP contribution in [0, 0.1) is 11.8 Å². The first-order valence-corrected chi connectivity index (χ1v) is 4.43. The lowest BCUT2D eigenvalue weighted by atomic mass is 9.51. The quantitative estimate of drug-likeness (QED) is 0.341. The lowest BCUT2D eigenvalue weighted by molar-refractivity contribution is 0.757. The molecule has 0 spiro atoms. The maximum atomic E-state index is 3.67. The average Bonchev–Trinajstić information content (AvgIpc) is 1.98. The van der Waals surface area contributed by atoms with E-state index in [1.165, 1.54) is 0 Å². The lowest BCUT2D eigenvalue weighted by Crippen LogP contribution is -2.10. The highest BCUT2D eigenvalue weighted by Crippen LogP contribution is 2.22. The van der Waals surface area contributed by atoms with Crippen molar-refractivity contribution in [1.29, 1.82) is 0 Å². The molecule has 0 aromatic carbocycles. The van der Waals surface area contributed by atoms with E-state index in [1.54, 1.807) is 12.2 Å². The van der Waals surface area contributed by atoms with Crippen molar-refractivity contribution in [2.45, 2.75) is 26.1 Å². The van der Waals surface area contributed by atoms with Gasteiger partial charge in [-0.15, -0.1) is 0 Å². The van der Waals surface area contributed by atoms with Crippen LogP contribution >= 0.6 is 0 Å². The molecule has 13 heavy (non-hydrogen) atoms. The summed E-state index contributed by atoms with van der Waals surface area (Å²) in [6, 6.07) is 0. The van der Waals surface area contributed by atoms with Gasteiger partial charge in [0, 0.05) is 0 Å². The second kappa shape index (κ2) is 5.48. The smallest absolute Gasteiger partial charge is 0.0991 e. The summed E-state index contributed by atoms with van der Waals surface area (Å²) >= 11 is 0. The zero-order chi connectivity index (χ0) is 10.3. The van der Waals surface area contributed by atoms with E-state index >= 15 is 0 Å². The van der Waals surface area contributed by atoms with Crippen LogP contribution in [0.2, 0.25) is 5.31 Å². The standard InChI is InChI=1S/C12H17B/c1-6-8-10-11(9-7-2)13-12(3,4)5/h6-7,9,13H,1-2H2,3-5H3/b11-9+. The van der Waals surface area contributed by atoms with Gasteiger partial charge in [0.2, 0.25) is 0 Å². The van der Waals surface area contributed by atoms with Crippen molar-refractivity contribution in [3.8, 4) is 11.8 Å². The minimum absolute atomic E-state index is 0.269. The predicted octanol–water partition coefficient (Wildman–Crippen LogP) is 2.90. The second-order valence-electron chi connectivity index (χ2n) is 4.14. The van der Waals surface area contributed by atoms with Gasteiger partial charge in [-0.1, -0.05) is 63.2 Å². The molecule has 0 unspecified atom stereocenters. The van der Waals surface area contributed by atoms with Crippen LogP contribution in [0.3, 0.4) is 0 Å². The number of hydrogen-bond donors (Lipinski definition) is 0. The zero-order valence-corrected chi connectivity index (χ0v) is 8.85. The summed E-state index contributed by atoms with van der Waals surface area (Å²) in [5.74, 6) is 5.90. The first-order chi connectivity index (χ1) is 5.99. The normalized spacial score (nSPS) is 11.2. The Balaban J connectivity index is 4.55. The maximum absolute atomic E-state index is 3.67. The summed E-state index contributed by atoms with van der Waals surface area (Å²) < 4.78 is 0. The largest absolute Gasteiger partial charge is 0.174 e. The molecule has 0 aliphatic heterocycles. The average molecular weight is 172 g/mol. The number of rotatable bonds is 2. The van der Waals surface area contributed by atoms with Gasteiger partial charge in [0.05, 0.1) is 0 Å². The van der Waals surface area contributed by atoms with Gasteiger partial charge < -0.3 is 0 Å². The van der Waals surface area contributed by atoms with Gasteiger partial charge in [0.15, 0.2) is 7.28 Å². The first-order valence-electron chi connectivity index (χ1n) is 4.43. The van der Waals surface area contributed by atoms with Crippen molar-refractivity contribution >= 4 is 7.28 Å². The Hall–Kier alpha value is -1.16.